The largest absolute Gasteiger partial charge is 0.497 e. The fourth-order valence-electron chi connectivity index (χ4n) is 2.83. The zero-order chi connectivity index (χ0) is 26.1. The van der Waals surface area contributed by atoms with Crippen LogP contribution in [0.1, 0.15) is 11.1 Å². The van der Waals surface area contributed by atoms with Crippen molar-refractivity contribution in [3.63, 3.8) is 0 Å². The molecular formula is C21H12ClF6N5OS2. The van der Waals surface area contributed by atoms with Gasteiger partial charge in [0.05, 0.1) is 18.2 Å². The zero-order valence-corrected chi connectivity index (χ0v) is 20.2. The fourth-order valence-corrected chi connectivity index (χ4v) is 4.68. The van der Waals surface area contributed by atoms with Gasteiger partial charge in [-0.3, -0.25) is 5.10 Å². The molecular weight excluding hydrogens is 552 g/mol. The summed E-state index contributed by atoms with van der Waals surface area (Å²) < 4.78 is 84.1. The summed E-state index contributed by atoms with van der Waals surface area (Å²) in [4.78, 5) is 13.3. The normalized spacial score (nSPS) is 12.1. The molecule has 6 nitrogen and oxygen atoms in total. The second-order valence-electron chi connectivity index (χ2n) is 6.95. The van der Waals surface area contributed by atoms with Crippen LogP contribution in [0.2, 0.25) is 5.15 Å². The molecule has 188 valence electrons. The molecule has 2 heterocycles. The molecule has 0 amide bonds. The molecule has 0 radical (unpaired) electrons. The molecule has 4 rings (SSSR count). The average Bonchev–Trinajstić information content (AvgIpc) is 3.26. The Morgan fingerprint density at radius 3 is 2.03 bits per heavy atom. The maximum atomic E-state index is 13.2. The van der Waals surface area contributed by atoms with Gasteiger partial charge in [-0.15, -0.1) is 5.10 Å². The number of H-pyrrole nitrogens is 1. The lowest BCUT2D eigenvalue weighted by Gasteiger charge is -2.13. The Morgan fingerprint density at radius 2 is 1.44 bits per heavy atom. The number of aromatic nitrogens is 5. The molecule has 0 unspecified atom stereocenters. The first-order valence-corrected chi connectivity index (χ1v) is 11.7. The van der Waals surface area contributed by atoms with E-state index in [4.69, 9.17) is 16.3 Å². The van der Waals surface area contributed by atoms with E-state index < -0.39 is 29.0 Å². The van der Waals surface area contributed by atoms with E-state index in [1.165, 1.54) is 17.8 Å². The third-order valence-electron chi connectivity index (χ3n) is 4.44. The molecule has 0 bridgehead atoms. The number of rotatable bonds is 6. The predicted octanol–water partition coefficient (Wildman–Crippen LogP) is 7.26. The minimum atomic E-state index is -4.98. The van der Waals surface area contributed by atoms with Crippen LogP contribution in [-0.2, 0) is 12.4 Å². The quantitative estimate of drug-likeness (QED) is 0.150. The summed E-state index contributed by atoms with van der Waals surface area (Å²) in [6.45, 7) is 0. The summed E-state index contributed by atoms with van der Waals surface area (Å²) in [5, 5.41) is 6.99. The molecule has 0 atom stereocenters. The average molecular weight is 564 g/mol. The van der Waals surface area contributed by atoms with Crippen molar-refractivity contribution in [1.82, 2.24) is 25.1 Å². The number of aromatic amines is 1. The van der Waals surface area contributed by atoms with Crippen molar-refractivity contribution < 1.29 is 31.1 Å². The van der Waals surface area contributed by atoms with Crippen LogP contribution in [0.3, 0.4) is 0 Å². The number of halogens is 7. The Labute approximate surface area is 212 Å². The van der Waals surface area contributed by atoms with Crippen LogP contribution in [0.25, 0.3) is 11.4 Å². The van der Waals surface area contributed by atoms with Gasteiger partial charge >= 0.3 is 12.4 Å². The van der Waals surface area contributed by atoms with Crippen molar-refractivity contribution >= 4 is 35.1 Å². The minimum absolute atomic E-state index is 0.00568. The van der Waals surface area contributed by atoms with Gasteiger partial charge in [0.25, 0.3) is 0 Å². The maximum Gasteiger partial charge on any atom is 0.416 e. The van der Waals surface area contributed by atoms with Crippen molar-refractivity contribution in [2.45, 2.75) is 32.6 Å². The van der Waals surface area contributed by atoms with Crippen molar-refractivity contribution in [2.75, 3.05) is 7.11 Å². The number of hydrogen-bond donors (Lipinski definition) is 1. The van der Waals surface area contributed by atoms with E-state index in [0.717, 1.165) is 16.7 Å². The van der Waals surface area contributed by atoms with E-state index in [9.17, 15) is 26.3 Å². The Morgan fingerprint density at radius 1 is 0.806 bits per heavy atom. The molecule has 1 N–H and O–H groups in total. The number of ether oxygens (including phenoxy) is 1. The van der Waals surface area contributed by atoms with E-state index in [1.54, 1.807) is 31.4 Å². The van der Waals surface area contributed by atoms with Crippen LogP contribution in [0.15, 0.2) is 68.8 Å². The highest BCUT2D eigenvalue weighted by Gasteiger charge is 2.37. The van der Waals surface area contributed by atoms with E-state index >= 15 is 0 Å². The van der Waals surface area contributed by atoms with Gasteiger partial charge in [0.15, 0.2) is 11.0 Å². The molecule has 0 aliphatic heterocycles. The van der Waals surface area contributed by atoms with Gasteiger partial charge < -0.3 is 4.74 Å². The summed E-state index contributed by atoms with van der Waals surface area (Å²) in [7, 11) is 1.54. The molecule has 0 saturated heterocycles. The van der Waals surface area contributed by atoms with Crippen LogP contribution < -0.4 is 4.74 Å². The van der Waals surface area contributed by atoms with Gasteiger partial charge in [0.1, 0.15) is 15.9 Å². The third-order valence-corrected chi connectivity index (χ3v) is 6.29. The molecule has 0 fully saturated rings. The van der Waals surface area contributed by atoms with Gasteiger partial charge in [0.2, 0.25) is 5.16 Å². The van der Waals surface area contributed by atoms with E-state index in [1.807, 2.05) is 0 Å². The molecule has 4 aromatic rings. The van der Waals surface area contributed by atoms with E-state index in [0.29, 0.717) is 28.1 Å². The first-order chi connectivity index (χ1) is 16.9. The van der Waals surface area contributed by atoms with Crippen molar-refractivity contribution in [1.29, 1.82) is 0 Å². The van der Waals surface area contributed by atoms with Gasteiger partial charge in [0, 0.05) is 16.5 Å². The second-order valence-corrected chi connectivity index (χ2v) is 9.37. The Balaban J connectivity index is 1.58. The van der Waals surface area contributed by atoms with E-state index in [-0.39, 0.29) is 22.2 Å². The number of nitrogens with one attached hydrogen (secondary N) is 1. The molecule has 36 heavy (non-hydrogen) atoms. The molecule has 2 aromatic heterocycles. The number of methoxy groups -OCH3 is 1. The monoisotopic (exact) mass is 563 g/mol. The van der Waals surface area contributed by atoms with Crippen LogP contribution in [0.4, 0.5) is 26.3 Å². The molecule has 0 saturated carbocycles. The first kappa shape index (κ1) is 26.1. The lowest BCUT2D eigenvalue weighted by atomic mass is 10.0. The number of nitrogens with zero attached hydrogens (tertiary/aromatic N) is 4. The lowest BCUT2D eigenvalue weighted by molar-refractivity contribution is -0.143. The van der Waals surface area contributed by atoms with Gasteiger partial charge in [-0.2, -0.15) is 26.3 Å². The summed E-state index contributed by atoms with van der Waals surface area (Å²) in [5.74, 6) is 0.397. The van der Waals surface area contributed by atoms with Crippen LogP contribution in [-0.4, -0.2) is 32.3 Å². The van der Waals surface area contributed by atoms with Crippen LogP contribution in [0, 0.1) is 0 Å². The predicted molar refractivity (Wildman–Crippen MR) is 120 cm³/mol. The molecule has 0 aliphatic rings. The Bertz CT molecular complexity index is 1350. The molecule has 0 spiro atoms. The topological polar surface area (TPSA) is 76.6 Å². The SMILES string of the molecule is COc1ccc(Sc2nc(Cl)cc(Sc3n[nH]c(-c4cc(C(F)(F)F)cc(C(F)(F)F)c4)n3)n2)cc1. The zero-order valence-electron chi connectivity index (χ0n) is 17.8. The smallest absolute Gasteiger partial charge is 0.416 e. The fraction of sp³-hybridized carbons (Fsp3) is 0.143. The summed E-state index contributed by atoms with van der Waals surface area (Å²) in [6.07, 6.45) is -9.97. The Hall–Kier alpha value is -2.97. The Kier molecular flexibility index (Phi) is 7.38. The van der Waals surface area contributed by atoms with Gasteiger partial charge in [-0.1, -0.05) is 11.6 Å². The van der Waals surface area contributed by atoms with Gasteiger partial charge in [-0.25, -0.2) is 15.0 Å². The summed E-state index contributed by atoms with van der Waals surface area (Å²) in [5.41, 5.74) is -3.34. The molecule has 2 aromatic carbocycles. The highest BCUT2D eigenvalue weighted by molar-refractivity contribution is 7.99. The van der Waals surface area contributed by atoms with Gasteiger partial charge in [-0.05, 0) is 66.0 Å². The van der Waals surface area contributed by atoms with Crippen molar-refractivity contribution in [2.24, 2.45) is 0 Å². The lowest BCUT2D eigenvalue weighted by Crippen LogP contribution is -2.11. The highest BCUT2D eigenvalue weighted by atomic mass is 35.5. The van der Waals surface area contributed by atoms with Crippen molar-refractivity contribution in [3.8, 4) is 17.1 Å². The number of hydrogen-bond acceptors (Lipinski definition) is 7. The minimum Gasteiger partial charge on any atom is -0.497 e. The van der Waals surface area contributed by atoms with E-state index in [2.05, 4.69) is 25.1 Å². The molecule has 0 aliphatic carbocycles. The standard InChI is InChI=1S/C21H12ClF6N5OS2/c1-34-13-2-4-14(5-3-13)35-18-29-15(22)9-16(30-18)36-19-31-17(32-33-19)10-6-11(20(23,24)25)8-12(7-10)21(26,27)28/h2-9H,1H3,(H,31,32,33). The second kappa shape index (κ2) is 10.2. The van der Waals surface area contributed by atoms with Crippen LogP contribution >= 0.6 is 35.1 Å². The number of alkyl halides is 6. The highest BCUT2D eigenvalue weighted by Crippen LogP contribution is 2.38. The van der Waals surface area contributed by atoms with Crippen LogP contribution in [0.5, 0.6) is 5.75 Å². The number of benzene rings is 2. The summed E-state index contributed by atoms with van der Waals surface area (Å²) >= 11 is 8.21. The third kappa shape index (κ3) is 6.42. The summed E-state index contributed by atoms with van der Waals surface area (Å²) in [6, 6.07) is 9.71. The van der Waals surface area contributed by atoms with Crippen molar-refractivity contribution in [3.05, 3.63) is 64.8 Å². The maximum absolute atomic E-state index is 13.2. The first-order valence-electron chi connectivity index (χ1n) is 9.67. The molecule has 15 heteroatoms.